The van der Waals surface area contributed by atoms with Gasteiger partial charge in [0.05, 0.1) is 14.2 Å². The second-order valence-corrected chi connectivity index (χ2v) is 6.80. The number of rotatable bonds is 11. The molecule has 6 heteroatoms. The minimum absolute atomic E-state index is 0.0174. The van der Waals surface area contributed by atoms with Crippen molar-refractivity contribution in [3.05, 3.63) is 23.8 Å². The molecule has 144 valence electrons. The molecule has 1 unspecified atom stereocenters. The van der Waals surface area contributed by atoms with Gasteiger partial charge in [-0.25, -0.2) is 0 Å². The van der Waals surface area contributed by atoms with Crippen LogP contribution in [0.25, 0.3) is 0 Å². The molecular weight excluding hydrogens is 332 g/mol. The molecule has 2 N–H and O–H groups in total. The van der Waals surface area contributed by atoms with Gasteiger partial charge in [0, 0.05) is 26.4 Å². The SMILES string of the molecule is COc1ccc(C(CC(=O)NCCCCNC(C)=O)C2CC2)cc1OC. The summed E-state index contributed by atoms with van der Waals surface area (Å²) < 4.78 is 10.7. The number of ether oxygens (including phenoxy) is 2. The fraction of sp³-hybridized carbons (Fsp3) is 0.600. The summed E-state index contributed by atoms with van der Waals surface area (Å²) in [7, 11) is 3.25. The number of unbranched alkanes of at least 4 members (excludes halogenated alkanes) is 1. The molecule has 0 aliphatic heterocycles. The number of carbonyl (C=O) groups is 2. The van der Waals surface area contributed by atoms with Crippen LogP contribution in [0, 0.1) is 5.92 Å². The highest BCUT2D eigenvalue weighted by Crippen LogP contribution is 2.46. The Bertz CT molecular complexity index is 614. The van der Waals surface area contributed by atoms with Crippen molar-refractivity contribution in [3.63, 3.8) is 0 Å². The summed E-state index contributed by atoms with van der Waals surface area (Å²) in [4.78, 5) is 23.1. The first-order chi connectivity index (χ1) is 12.5. The molecule has 2 rings (SSSR count). The predicted octanol–water partition coefficient (Wildman–Crippen LogP) is 2.62. The molecule has 0 aromatic heterocycles. The van der Waals surface area contributed by atoms with Crippen LogP contribution in [0.15, 0.2) is 18.2 Å². The van der Waals surface area contributed by atoms with Gasteiger partial charge in [0.2, 0.25) is 11.8 Å². The monoisotopic (exact) mass is 362 g/mol. The summed E-state index contributed by atoms with van der Waals surface area (Å²) in [6.45, 7) is 2.80. The van der Waals surface area contributed by atoms with E-state index in [0.717, 1.165) is 18.4 Å². The maximum Gasteiger partial charge on any atom is 0.220 e. The summed E-state index contributed by atoms with van der Waals surface area (Å²) in [5.41, 5.74) is 1.13. The Labute approximate surface area is 155 Å². The number of amides is 2. The normalized spacial score (nSPS) is 14.4. The number of benzene rings is 1. The molecule has 1 aromatic carbocycles. The lowest BCUT2D eigenvalue weighted by Gasteiger charge is -2.18. The summed E-state index contributed by atoms with van der Waals surface area (Å²) in [5, 5.41) is 5.75. The van der Waals surface area contributed by atoms with Crippen molar-refractivity contribution in [2.24, 2.45) is 5.92 Å². The Morgan fingerprint density at radius 2 is 1.73 bits per heavy atom. The van der Waals surface area contributed by atoms with Gasteiger partial charge in [0.1, 0.15) is 0 Å². The fourth-order valence-electron chi connectivity index (χ4n) is 3.15. The Balaban J connectivity index is 1.84. The Morgan fingerprint density at radius 3 is 2.31 bits per heavy atom. The highest BCUT2D eigenvalue weighted by molar-refractivity contribution is 5.77. The third-order valence-electron chi connectivity index (χ3n) is 4.73. The van der Waals surface area contributed by atoms with Crippen LogP contribution in [0.2, 0.25) is 0 Å². The first kappa shape index (κ1) is 20.1. The van der Waals surface area contributed by atoms with Crippen molar-refractivity contribution in [2.45, 2.75) is 44.9 Å². The number of hydrogen-bond donors (Lipinski definition) is 2. The average molecular weight is 362 g/mol. The van der Waals surface area contributed by atoms with E-state index in [1.165, 1.54) is 19.8 Å². The van der Waals surface area contributed by atoms with Gasteiger partial charge in [-0.1, -0.05) is 6.07 Å². The van der Waals surface area contributed by atoms with E-state index in [9.17, 15) is 9.59 Å². The van der Waals surface area contributed by atoms with Crippen LogP contribution in [0.4, 0.5) is 0 Å². The Morgan fingerprint density at radius 1 is 1.08 bits per heavy atom. The van der Waals surface area contributed by atoms with Crippen LogP contribution in [0.3, 0.4) is 0 Å². The molecule has 1 aromatic rings. The molecule has 1 saturated carbocycles. The van der Waals surface area contributed by atoms with Crippen LogP contribution >= 0.6 is 0 Å². The van der Waals surface area contributed by atoms with Gasteiger partial charge in [0.15, 0.2) is 11.5 Å². The van der Waals surface area contributed by atoms with Crippen LogP contribution in [-0.4, -0.2) is 39.1 Å². The highest BCUT2D eigenvalue weighted by Gasteiger charge is 2.34. The van der Waals surface area contributed by atoms with Crippen molar-refractivity contribution in [1.29, 1.82) is 0 Å². The fourth-order valence-corrected chi connectivity index (χ4v) is 3.15. The maximum absolute atomic E-state index is 12.3. The summed E-state index contributed by atoms with van der Waals surface area (Å²) in [5.74, 6) is 2.25. The smallest absolute Gasteiger partial charge is 0.220 e. The van der Waals surface area contributed by atoms with Gasteiger partial charge >= 0.3 is 0 Å². The van der Waals surface area contributed by atoms with Gasteiger partial charge in [-0.15, -0.1) is 0 Å². The van der Waals surface area contributed by atoms with E-state index in [1.807, 2.05) is 18.2 Å². The topological polar surface area (TPSA) is 76.7 Å². The van der Waals surface area contributed by atoms with Gasteiger partial charge in [0.25, 0.3) is 0 Å². The molecule has 1 aliphatic carbocycles. The molecule has 26 heavy (non-hydrogen) atoms. The molecule has 0 saturated heterocycles. The van der Waals surface area contributed by atoms with Gasteiger partial charge < -0.3 is 20.1 Å². The third kappa shape index (κ3) is 6.24. The Hall–Kier alpha value is -2.24. The molecule has 0 spiro atoms. The lowest BCUT2D eigenvalue weighted by atomic mass is 9.90. The largest absolute Gasteiger partial charge is 0.493 e. The number of nitrogens with one attached hydrogen (secondary N) is 2. The second kappa shape index (κ2) is 10.0. The first-order valence-corrected chi connectivity index (χ1v) is 9.28. The number of hydrogen-bond acceptors (Lipinski definition) is 4. The summed E-state index contributed by atoms with van der Waals surface area (Å²) >= 11 is 0. The zero-order valence-electron chi connectivity index (χ0n) is 16.0. The van der Waals surface area contributed by atoms with Crippen molar-refractivity contribution in [2.75, 3.05) is 27.3 Å². The quantitative estimate of drug-likeness (QED) is 0.593. The third-order valence-corrected chi connectivity index (χ3v) is 4.73. The Kier molecular flexibility index (Phi) is 7.75. The summed E-state index contributed by atoms with van der Waals surface area (Å²) in [6, 6.07) is 5.93. The lowest BCUT2D eigenvalue weighted by Crippen LogP contribution is -2.27. The number of carbonyl (C=O) groups excluding carboxylic acids is 2. The molecule has 0 bridgehead atoms. The molecule has 0 heterocycles. The second-order valence-electron chi connectivity index (χ2n) is 6.80. The molecule has 1 aliphatic rings. The zero-order chi connectivity index (χ0) is 18.9. The van der Waals surface area contributed by atoms with E-state index in [-0.39, 0.29) is 17.7 Å². The van der Waals surface area contributed by atoms with E-state index >= 15 is 0 Å². The average Bonchev–Trinajstić information content (AvgIpc) is 3.46. The predicted molar refractivity (Wildman–Crippen MR) is 101 cm³/mol. The van der Waals surface area contributed by atoms with Gasteiger partial charge in [-0.05, 0) is 55.2 Å². The van der Waals surface area contributed by atoms with Crippen molar-refractivity contribution in [3.8, 4) is 11.5 Å². The van der Waals surface area contributed by atoms with Crippen molar-refractivity contribution in [1.82, 2.24) is 10.6 Å². The molecule has 6 nitrogen and oxygen atoms in total. The maximum atomic E-state index is 12.3. The van der Waals surface area contributed by atoms with E-state index in [0.29, 0.717) is 36.9 Å². The molecular formula is C20H30N2O4. The van der Waals surface area contributed by atoms with Crippen LogP contribution in [0.1, 0.15) is 50.5 Å². The number of methoxy groups -OCH3 is 2. The minimum atomic E-state index is -0.0174. The molecule has 0 radical (unpaired) electrons. The van der Waals surface area contributed by atoms with Gasteiger partial charge in [-0.3, -0.25) is 9.59 Å². The van der Waals surface area contributed by atoms with E-state index in [1.54, 1.807) is 14.2 Å². The van der Waals surface area contributed by atoms with Crippen LogP contribution in [0.5, 0.6) is 11.5 Å². The van der Waals surface area contributed by atoms with Crippen LogP contribution in [-0.2, 0) is 9.59 Å². The van der Waals surface area contributed by atoms with Crippen molar-refractivity contribution >= 4 is 11.8 Å². The van der Waals surface area contributed by atoms with E-state index < -0.39 is 0 Å². The van der Waals surface area contributed by atoms with Gasteiger partial charge in [-0.2, -0.15) is 0 Å². The highest BCUT2D eigenvalue weighted by atomic mass is 16.5. The van der Waals surface area contributed by atoms with E-state index in [4.69, 9.17) is 9.47 Å². The first-order valence-electron chi connectivity index (χ1n) is 9.28. The zero-order valence-corrected chi connectivity index (χ0v) is 16.0. The standard InChI is InChI=1S/C20H30N2O4/c1-14(23)21-10-4-5-11-22-20(24)13-17(15-6-7-15)16-8-9-18(25-2)19(12-16)26-3/h8-9,12,15,17H,4-7,10-11,13H2,1-3H3,(H,21,23)(H,22,24). The lowest BCUT2D eigenvalue weighted by molar-refractivity contribution is -0.122. The molecule has 2 amide bonds. The summed E-state index contributed by atoms with van der Waals surface area (Å²) in [6.07, 6.45) is 4.55. The van der Waals surface area contributed by atoms with E-state index in [2.05, 4.69) is 10.6 Å². The molecule has 1 fully saturated rings. The molecule has 1 atom stereocenters. The van der Waals surface area contributed by atoms with Crippen LogP contribution < -0.4 is 20.1 Å². The van der Waals surface area contributed by atoms with Crippen molar-refractivity contribution < 1.29 is 19.1 Å². The minimum Gasteiger partial charge on any atom is -0.493 e.